The van der Waals surface area contributed by atoms with Crippen molar-refractivity contribution in [3.8, 4) is 0 Å². The van der Waals surface area contributed by atoms with Crippen LogP contribution < -0.4 is 8.30 Å². The van der Waals surface area contributed by atoms with E-state index in [1.54, 1.807) is 0 Å². The third-order valence-corrected chi connectivity index (χ3v) is 22.2. The molecule has 0 saturated carbocycles. The van der Waals surface area contributed by atoms with Crippen molar-refractivity contribution in [2.75, 3.05) is 7.05 Å². The van der Waals surface area contributed by atoms with Crippen LogP contribution in [0.5, 0.6) is 0 Å². The zero-order chi connectivity index (χ0) is 18.1. The normalized spacial score (nSPS) is 12.5. The summed E-state index contributed by atoms with van der Waals surface area (Å²) in [6, 6.07) is 7.91. The van der Waals surface area contributed by atoms with Crippen LogP contribution >= 0.6 is 0 Å². The Labute approximate surface area is 153 Å². The van der Waals surface area contributed by atoms with Crippen molar-refractivity contribution in [2.45, 2.75) is 77.5 Å². The second kappa shape index (κ2) is 10.8. The van der Waals surface area contributed by atoms with Gasteiger partial charge in [-0.1, -0.05) is 0 Å². The molecule has 1 aromatic rings. The van der Waals surface area contributed by atoms with Crippen LogP contribution in [0.4, 0.5) is 0 Å². The SMILES string of the molecule is CCC[CH2][Sn]([CH2]CCC)([CH2]CCC)[c]1ccc(S(=O)(=O)NC)cc1. The predicted octanol–water partition coefficient (Wildman–Crippen LogP) is 4.65. The van der Waals surface area contributed by atoms with E-state index in [1.807, 2.05) is 12.1 Å². The average molecular weight is 460 g/mol. The third kappa shape index (κ3) is 6.02. The van der Waals surface area contributed by atoms with Gasteiger partial charge in [0.25, 0.3) is 0 Å². The molecular formula is C19H35NO2SSn. The van der Waals surface area contributed by atoms with Crippen molar-refractivity contribution >= 4 is 32.0 Å². The summed E-state index contributed by atoms with van der Waals surface area (Å²) >= 11 is -2.43. The second-order valence-corrected chi connectivity index (χ2v) is 21.9. The summed E-state index contributed by atoms with van der Waals surface area (Å²) < 4.78 is 32.1. The number of hydrogen-bond donors (Lipinski definition) is 1. The molecule has 0 amide bonds. The molecule has 0 aromatic heterocycles. The molecule has 0 spiro atoms. The van der Waals surface area contributed by atoms with E-state index in [1.165, 1.54) is 62.5 Å². The Hall–Kier alpha value is -0.0713. The average Bonchev–Trinajstić information content (AvgIpc) is 2.61. The fourth-order valence-electron chi connectivity index (χ4n) is 3.46. The molecule has 5 heteroatoms. The Morgan fingerprint density at radius 1 is 0.833 bits per heavy atom. The summed E-state index contributed by atoms with van der Waals surface area (Å²) in [6.45, 7) is 6.83. The number of rotatable bonds is 12. The minimum atomic E-state index is -3.34. The van der Waals surface area contributed by atoms with Crippen molar-refractivity contribution in [3.05, 3.63) is 24.3 Å². The first kappa shape index (κ1) is 22.0. The van der Waals surface area contributed by atoms with Crippen LogP contribution in [0, 0.1) is 0 Å². The first-order valence-electron chi connectivity index (χ1n) is 9.49. The summed E-state index contributed by atoms with van der Waals surface area (Å²) in [6.07, 6.45) is 7.72. The quantitative estimate of drug-likeness (QED) is 0.462. The van der Waals surface area contributed by atoms with E-state index in [-0.39, 0.29) is 0 Å². The molecule has 0 saturated heterocycles. The number of sulfonamides is 1. The van der Waals surface area contributed by atoms with Gasteiger partial charge in [-0.25, -0.2) is 0 Å². The fourth-order valence-corrected chi connectivity index (χ4v) is 20.1. The Bertz CT molecular complexity index is 548. The predicted molar refractivity (Wildman–Crippen MR) is 107 cm³/mol. The van der Waals surface area contributed by atoms with Gasteiger partial charge in [0, 0.05) is 0 Å². The maximum atomic E-state index is 12.0. The standard InChI is InChI=1S/C7H8NO2S.3C4H9.Sn/c1-8-11(9,10)7-5-3-2-4-6-7;3*1-3-4-2;/h3-6,8H,1H3;3*1,3-4H2,2H3;. The molecule has 1 rings (SSSR count). The minimum absolute atomic E-state index is 0.385. The Kier molecular flexibility index (Phi) is 9.90. The first-order chi connectivity index (χ1) is 11.5. The van der Waals surface area contributed by atoms with E-state index in [2.05, 4.69) is 37.6 Å². The van der Waals surface area contributed by atoms with Crippen LogP contribution in [0.15, 0.2) is 29.2 Å². The van der Waals surface area contributed by atoms with Crippen molar-refractivity contribution < 1.29 is 8.42 Å². The Morgan fingerprint density at radius 3 is 1.58 bits per heavy atom. The van der Waals surface area contributed by atoms with E-state index >= 15 is 0 Å². The zero-order valence-corrected chi connectivity index (χ0v) is 19.6. The van der Waals surface area contributed by atoms with Gasteiger partial charge in [-0.05, 0) is 0 Å². The molecule has 3 nitrogen and oxygen atoms in total. The molecule has 0 bridgehead atoms. The topological polar surface area (TPSA) is 46.2 Å². The van der Waals surface area contributed by atoms with Crippen LogP contribution in [0.25, 0.3) is 0 Å². The first-order valence-corrected chi connectivity index (χ1v) is 18.5. The molecule has 1 N–H and O–H groups in total. The fraction of sp³-hybridized carbons (Fsp3) is 0.684. The summed E-state index contributed by atoms with van der Waals surface area (Å²) in [5.74, 6) is 0. The van der Waals surface area contributed by atoms with Crippen molar-refractivity contribution in [2.24, 2.45) is 0 Å². The van der Waals surface area contributed by atoms with E-state index < -0.39 is 28.4 Å². The number of benzene rings is 1. The molecular weight excluding hydrogens is 425 g/mol. The zero-order valence-electron chi connectivity index (χ0n) is 15.9. The van der Waals surface area contributed by atoms with E-state index in [9.17, 15) is 8.42 Å². The van der Waals surface area contributed by atoms with Gasteiger partial charge in [-0.15, -0.1) is 0 Å². The van der Waals surface area contributed by atoms with Gasteiger partial charge in [0.05, 0.1) is 0 Å². The molecule has 0 radical (unpaired) electrons. The van der Waals surface area contributed by atoms with E-state index in [0.29, 0.717) is 4.90 Å². The third-order valence-electron chi connectivity index (χ3n) is 5.07. The second-order valence-electron chi connectivity index (χ2n) is 6.82. The van der Waals surface area contributed by atoms with Gasteiger partial charge in [0.2, 0.25) is 0 Å². The molecule has 0 atom stereocenters. The molecule has 0 heterocycles. The summed E-state index contributed by atoms with van der Waals surface area (Å²) in [5, 5.41) is 0. The van der Waals surface area contributed by atoms with Crippen molar-refractivity contribution in [3.63, 3.8) is 0 Å². The number of hydrogen-bond acceptors (Lipinski definition) is 2. The summed E-state index contributed by atoms with van der Waals surface area (Å²) in [4.78, 5) is 0.385. The molecule has 24 heavy (non-hydrogen) atoms. The van der Waals surface area contributed by atoms with Crippen LogP contribution in [0.3, 0.4) is 0 Å². The van der Waals surface area contributed by atoms with Gasteiger partial charge < -0.3 is 0 Å². The van der Waals surface area contributed by atoms with E-state index in [0.717, 1.165) is 0 Å². The Morgan fingerprint density at radius 2 is 1.25 bits per heavy atom. The number of nitrogens with one attached hydrogen (secondary N) is 1. The van der Waals surface area contributed by atoms with Gasteiger partial charge >= 0.3 is 154 Å². The maximum absolute atomic E-state index is 12.0. The summed E-state index contributed by atoms with van der Waals surface area (Å²) in [7, 11) is -1.87. The van der Waals surface area contributed by atoms with Crippen LogP contribution in [-0.4, -0.2) is 33.8 Å². The molecule has 1 aromatic carbocycles. The number of unbranched alkanes of at least 4 members (excludes halogenated alkanes) is 3. The van der Waals surface area contributed by atoms with Gasteiger partial charge in [-0.3, -0.25) is 0 Å². The molecule has 0 aliphatic rings. The van der Waals surface area contributed by atoms with Gasteiger partial charge in [0.15, 0.2) is 0 Å². The van der Waals surface area contributed by atoms with Gasteiger partial charge in [-0.2, -0.15) is 0 Å². The van der Waals surface area contributed by atoms with E-state index in [4.69, 9.17) is 0 Å². The molecule has 138 valence electrons. The summed E-state index contributed by atoms with van der Waals surface area (Å²) in [5.41, 5.74) is 0. The van der Waals surface area contributed by atoms with Crippen molar-refractivity contribution in [1.82, 2.24) is 4.72 Å². The van der Waals surface area contributed by atoms with Gasteiger partial charge in [0.1, 0.15) is 0 Å². The van der Waals surface area contributed by atoms with Crippen LogP contribution in [0.1, 0.15) is 59.3 Å². The molecule has 0 fully saturated rings. The molecule has 0 unspecified atom stereocenters. The molecule has 0 aliphatic heterocycles. The van der Waals surface area contributed by atoms with Crippen LogP contribution in [-0.2, 0) is 10.0 Å². The Balaban J connectivity index is 3.19. The monoisotopic (exact) mass is 461 g/mol. The molecule has 0 aliphatic carbocycles. The van der Waals surface area contributed by atoms with Crippen LogP contribution in [0.2, 0.25) is 13.3 Å². The van der Waals surface area contributed by atoms with Crippen molar-refractivity contribution in [1.29, 1.82) is 0 Å².